The van der Waals surface area contributed by atoms with Crippen molar-refractivity contribution in [1.29, 1.82) is 0 Å². The van der Waals surface area contributed by atoms with Gasteiger partial charge in [0.25, 0.3) is 0 Å². The van der Waals surface area contributed by atoms with E-state index < -0.39 is 23.2 Å². The number of H-pyrrole nitrogens is 1. The maximum Gasteiger partial charge on any atom is 0.335 e. The Balaban J connectivity index is 1.82. The number of aliphatic hydroxyl groups is 1. The second-order valence-electron chi connectivity index (χ2n) is 8.49. The molecule has 0 atom stereocenters. The van der Waals surface area contributed by atoms with Crippen LogP contribution in [0.25, 0.3) is 27.8 Å². The van der Waals surface area contributed by atoms with Crippen LogP contribution in [0.5, 0.6) is 0 Å². The molecule has 4 aromatic rings. The molecule has 3 aromatic heterocycles. The zero-order valence-electron chi connectivity index (χ0n) is 16.9. The first-order valence-corrected chi connectivity index (χ1v) is 9.99. The molecule has 0 saturated heterocycles. The number of hydrogen-bond donors (Lipinski definition) is 3. The number of carbonyl (C=O) groups is 1. The highest BCUT2D eigenvalue weighted by atomic mass is 19.2. The third-order valence-corrected chi connectivity index (χ3v) is 6.10. The number of rotatable bonds is 4. The number of aliphatic carboxylic acids is 1. The average Bonchev–Trinajstić information content (AvgIpc) is 3.27. The third-order valence-electron chi connectivity index (χ3n) is 6.10. The summed E-state index contributed by atoms with van der Waals surface area (Å²) >= 11 is 0. The van der Waals surface area contributed by atoms with Gasteiger partial charge in [-0.3, -0.25) is 5.10 Å². The lowest BCUT2D eigenvalue weighted by Crippen LogP contribution is -2.49. The summed E-state index contributed by atoms with van der Waals surface area (Å²) in [5, 5.41) is 27.3. The predicted molar refractivity (Wildman–Crippen MR) is 109 cm³/mol. The Morgan fingerprint density at radius 2 is 2.00 bits per heavy atom. The van der Waals surface area contributed by atoms with E-state index in [0.717, 1.165) is 28.8 Å². The highest BCUT2D eigenvalue weighted by Crippen LogP contribution is 2.50. The van der Waals surface area contributed by atoms with Crippen molar-refractivity contribution in [3.63, 3.8) is 0 Å². The number of benzene rings is 1. The largest absolute Gasteiger partial charge is 0.479 e. The number of pyridine rings is 1. The molecule has 9 heteroatoms. The molecule has 1 aromatic carbocycles. The van der Waals surface area contributed by atoms with Crippen LogP contribution in [0.3, 0.4) is 0 Å². The second kappa shape index (κ2) is 6.58. The van der Waals surface area contributed by atoms with Gasteiger partial charge in [0.05, 0.1) is 17.2 Å². The molecule has 0 unspecified atom stereocenters. The van der Waals surface area contributed by atoms with Gasteiger partial charge in [0, 0.05) is 28.4 Å². The molecule has 0 bridgehead atoms. The van der Waals surface area contributed by atoms with E-state index in [4.69, 9.17) is 4.98 Å². The van der Waals surface area contributed by atoms with Crippen LogP contribution in [0.15, 0.2) is 30.5 Å². The molecule has 0 amide bonds. The minimum Gasteiger partial charge on any atom is -0.479 e. The molecular weight excluding hydrogens is 406 g/mol. The lowest BCUT2D eigenvalue weighted by atomic mass is 9.67. The van der Waals surface area contributed by atoms with E-state index in [1.54, 1.807) is 6.20 Å². The van der Waals surface area contributed by atoms with Gasteiger partial charge < -0.3 is 14.8 Å². The molecule has 0 spiro atoms. The SMILES string of the molecule is CC(C)c1c([C@H]2C[C@](O)(C(=O)O)C2)c2nc3[nH]ncc3cc2n1-c1ccc(F)c(F)c1. The summed E-state index contributed by atoms with van der Waals surface area (Å²) in [7, 11) is 0. The van der Waals surface area contributed by atoms with Crippen LogP contribution in [-0.2, 0) is 4.79 Å². The lowest BCUT2D eigenvalue weighted by Gasteiger charge is -2.40. The summed E-state index contributed by atoms with van der Waals surface area (Å²) in [6.07, 6.45) is 1.74. The van der Waals surface area contributed by atoms with Crippen molar-refractivity contribution in [2.45, 2.75) is 44.1 Å². The minimum absolute atomic E-state index is 0.0349. The van der Waals surface area contributed by atoms with Crippen molar-refractivity contribution < 1.29 is 23.8 Å². The van der Waals surface area contributed by atoms with Gasteiger partial charge in [-0.2, -0.15) is 5.10 Å². The van der Waals surface area contributed by atoms with Crippen molar-refractivity contribution in [2.24, 2.45) is 0 Å². The molecule has 1 aliphatic carbocycles. The molecule has 160 valence electrons. The Morgan fingerprint density at radius 3 is 2.65 bits per heavy atom. The number of aromatic nitrogens is 4. The van der Waals surface area contributed by atoms with Crippen LogP contribution in [0.2, 0.25) is 0 Å². The van der Waals surface area contributed by atoms with E-state index in [9.17, 15) is 23.8 Å². The van der Waals surface area contributed by atoms with E-state index in [1.165, 1.54) is 6.07 Å². The first-order chi connectivity index (χ1) is 14.7. The molecule has 31 heavy (non-hydrogen) atoms. The molecular formula is C22H20F2N4O3. The first kappa shape index (κ1) is 19.6. The molecule has 7 nitrogen and oxygen atoms in total. The Morgan fingerprint density at radius 1 is 1.26 bits per heavy atom. The van der Waals surface area contributed by atoms with Crippen molar-refractivity contribution in [3.8, 4) is 5.69 Å². The van der Waals surface area contributed by atoms with Gasteiger partial charge in [-0.05, 0) is 42.9 Å². The molecule has 1 saturated carbocycles. The smallest absolute Gasteiger partial charge is 0.335 e. The molecule has 0 radical (unpaired) electrons. The zero-order chi connectivity index (χ0) is 22.1. The van der Waals surface area contributed by atoms with E-state index in [1.807, 2.05) is 24.5 Å². The molecule has 3 N–H and O–H groups in total. The zero-order valence-corrected chi connectivity index (χ0v) is 16.9. The number of nitrogens with zero attached hydrogens (tertiary/aromatic N) is 3. The second-order valence-corrected chi connectivity index (χ2v) is 8.49. The number of nitrogens with one attached hydrogen (secondary N) is 1. The van der Waals surface area contributed by atoms with Gasteiger partial charge in [-0.15, -0.1) is 0 Å². The Hall–Kier alpha value is -3.33. The number of hydrogen-bond acceptors (Lipinski definition) is 4. The van der Waals surface area contributed by atoms with Gasteiger partial charge in [0.15, 0.2) is 22.9 Å². The van der Waals surface area contributed by atoms with Gasteiger partial charge >= 0.3 is 5.97 Å². The molecule has 1 aliphatic rings. The maximum atomic E-state index is 14.1. The van der Waals surface area contributed by atoms with Crippen LogP contribution >= 0.6 is 0 Å². The fourth-order valence-corrected chi connectivity index (χ4v) is 4.62. The van der Waals surface area contributed by atoms with Gasteiger partial charge in [-0.25, -0.2) is 18.6 Å². The summed E-state index contributed by atoms with van der Waals surface area (Å²) in [6, 6.07) is 5.59. The van der Waals surface area contributed by atoms with Crippen LogP contribution in [0, 0.1) is 11.6 Å². The fraction of sp³-hybridized carbons (Fsp3) is 0.318. The topological polar surface area (TPSA) is 104 Å². The van der Waals surface area contributed by atoms with Gasteiger partial charge in [0.2, 0.25) is 0 Å². The number of carboxylic acids is 1. The van der Waals surface area contributed by atoms with E-state index in [0.29, 0.717) is 22.4 Å². The monoisotopic (exact) mass is 426 g/mol. The number of aromatic amines is 1. The lowest BCUT2D eigenvalue weighted by molar-refractivity contribution is -0.169. The van der Waals surface area contributed by atoms with Crippen molar-refractivity contribution in [1.82, 2.24) is 19.7 Å². The number of halogens is 2. The summed E-state index contributed by atoms with van der Waals surface area (Å²) < 4.78 is 29.6. The van der Waals surface area contributed by atoms with E-state index in [-0.39, 0.29) is 24.7 Å². The van der Waals surface area contributed by atoms with Crippen LogP contribution in [0.4, 0.5) is 8.78 Å². The Kier molecular flexibility index (Phi) is 4.17. The van der Waals surface area contributed by atoms with E-state index in [2.05, 4.69) is 10.2 Å². The standard InChI is InChI=1S/C22H20F2N4O3/c1-10(2)19-17(12-7-22(31,8-12)21(29)30)18-16(5-11-9-25-27-20(11)26-18)28(19)13-3-4-14(23)15(24)6-13/h3-6,9-10,12,31H,7-8H2,1-2H3,(H,29,30)(H,25,26,27)/t12-,22+. The molecule has 5 rings (SSSR count). The van der Waals surface area contributed by atoms with Gasteiger partial charge in [-0.1, -0.05) is 13.8 Å². The third kappa shape index (κ3) is 2.83. The maximum absolute atomic E-state index is 14.1. The minimum atomic E-state index is -1.77. The summed E-state index contributed by atoms with van der Waals surface area (Å²) in [5.74, 6) is -3.42. The Labute approximate surface area is 175 Å². The molecule has 0 aliphatic heterocycles. The van der Waals surface area contributed by atoms with Crippen molar-refractivity contribution >= 4 is 28.0 Å². The molecule has 1 fully saturated rings. The summed E-state index contributed by atoms with van der Waals surface area (Å²) in [6.45, 7) is 3.95. The van der Waals surface area contributed by atoms with Crippen molar-refractivity contribution in [3.05, 3.63) is 53.4 Å². The highest BCUT2D eigenvalue weighted by molar-refractivity contribution is 5.94. The number of fused-ring (bicyclic) bond motifs is 2. The van der Waals surface area contributed by atoms with Crippen molar-refractivity contribution in [2.75, 3.05) is 0 Å². The fourth-order valence-electron chi connectivity index (χ4n) is 4.62. The Bertz CT molecular complexity index is 1350. The number of carboxylic acid groups (broad SMARTS) is 1. The quantitative estimate of drug-likeness (QED) is 0.458. The first-order valence-electron chi connectivity index (χ1n) is 9.99. The average molecular weight is 426 g/mol. The van der Waals surface area contributed by atoms with Crippen LogP contribution < -0.4 is 0 Å². The van der Waals surface area contributed by atoms with Gasteiger partial charge in [0.1, 0.15) is 0 Å². The predicted octanol–water partition coefficient (Wildman–Crippen LogP) is 4.00. The van der Waals surface area contributed by atoms with Crippen LogP contribution in [-0.4, -0.2) is 41.5 Å². The molecule has 3 heterocycles. The highest BCUT2D eigenvalue weighted by Gasteiger charge is 2.51. The summed E-state index contributed by atoms with van der Waals surface area (Å²) in [5.41, 5.74) is 2.19. The van der Waals surface area contributed by atoms with Crippen LogP contribution in [0.1, 0.15) is 49.8 Å². The normalized spacial score (nSPS) is 21.2. The summed E-state index contributed by atoms with van der Waals surface area (Å²) in [4.78, 5) is 16.2. The van der Waals surface area contributed by atoms with E-state index >= 15 is 0 Å².